The highest BCUT2D eigenvalue weighted by atomic mass is 16.6. The molecule has 0 radical (unpaired) electrons. The van der Waals surface area contributed by atoms with Crippen LogP contribution in [0, 0.1) is 5.92 Å². The Hall–Kier alpha value is -1.59. The third kappa shape index (κ3) is 49.7. The van der Waals surface area contributed by atoms with Crippen LogP contribution in [0.4, 0.5) is 0 Å². The van der Waals surface area contributed by atoms with Gasteiger partial charge in [-0.3, -0.25) is 14.4 Å². The summed E-state index contributed by atoms with van der Waals surface area (Å²) in [5.41, 5.74) is 0. The summed E-state index contributed by atoms with van der Waals surface area (Å²) >= 11 is 0. The predicted octanol–water partition coefficient (Wildman–Crippen LogP) is 18.6. The van der Waals surface area contributed by atoms with Crippen molar-refractivity contribution in [2.75, 3.05) is 13.2 Å². The Labute approximate surface area is 393 Å². The third-order valence-corrected chi connectivity index (χ3v) is 13.4. The Kier molecular flexibility index (Phi) is 50.1. The number of esters is 3. The molecule has 0 aromatic carbocycles. The van der Waals surface area contributed by atoms with Crippen molar-refractivity contribution in [2.24, 2.45) is 5.92 Å². The maximum absolute atomic E-state index is 12.8. The van der Waals surface area contributed by atoms with Gasteiger partial charge >= 0.3 is 17.9 Å². The molecule has 374 valence electrons. The van der Waals surface area contributed by atoms with E-state index in [1.54, 1.807) is 0 Å². The van der Waals surface area contributed by atoms with Crippen LogP contribution in [0.1, 0.15) is 323 Å². The van der Waals surface area contributed by atoms with Crippen LogP contribution in [0.2, 0.25) is 0 Å². The van der Waals surface area contributed by atoms with E-state index in [-0.39, 0.29) is 31.1 Å². The van der Waals surface area contributed by atoms with E-state index in [4.69, 9.17) is 14.2 Å². The van der Waals surface area contributed by atoms with E-state index in [1.807, 2.05) is 0 Å². The van der Waals surface area contributed by atoms with Gasteiger partial charge in [-0.15, -0.1) is 0 Å². The molecule has 0 aromatic heterocycles. The zero-order chi connectivity index (χ0) is 45.9. The largest absolute Gasteiger partial charge is 0.462 e. The number of hydrogen-bond acceptors (Lipinski definition) is 6. The summed E-state index contributed by atoms with van der Waals surface area (Å²) in [5, 5.41) is 0. The number of carbonyl (C=O) groups excluding carboxylic acids is 3. The Morgan fingerprint density at radius 2 is 0.556 bits per heavy atom. The quantitative estimate of drug-likeness (QED) is 0.0344. The van der Waals surface area contributed by atoms with Gasteiger partial charge in [0.05, 0.1) is 0 Å². The Morgan fingerprint density at radius 3 is 0.825 bits per heavy atom. The van der Waals surface area contributed by atoms with Gasteiger partial charge in [0.2, 0.25) is 0 Å². The lowest BCUT2D eigenvalue weighted by Gasteiger charge is -2.18. The van der Waals surface area contributed by atoms with Gasteiger partial charge in [0.1, 0.15) is 13.2 Å². The van der Waals surface area contributed by atoms with E-state index >= 15 is 0 Å². The van der Waals surface area contributed by atoms with Gasteiger partial charge in [-0.2, -0.15) is 0 Å². The summed E-state index contributed by atoms with van der Waals surface area (Å²) in [4.78, 5) is 38.0. The predicted molar refractivity (Wildman–Crippen MR) is 270 cm³/mol. The van der Waals surface area contributed by atoms with Crippen molar-refractivity contribution < 1.29 is 28.6 Å². The van der Waals surface area contributed by atoms with Gasteiger partial charge < -0.3 is 14.2 Å². The first-order valence-electron chi connectivity index (χ1n) is 28.4. The van der Waals surface area contributed by atoms with Gasteiger partial charge in [-0.25, -0.2) is 0 Å². The van der Waals surface area contributed by atoms with Crippen LogP contribution in [0.25, 0.3) is 0 Å². The lowest BCUT2D eigenvalue weighted by atomic mass is 10.00. The Morgan fingerprint density at radius 1 is 0.317 bits per heavy atom. The van der Waals surface area contributed by atoms with Crippen molar-refractivity contribution in [3.63, 3.8) is 0 Å². The highest BCUT2D eigenvalue weighted by molar-refractivity contribution is 5.71. The van der Waals surface area contributed by atoms with Gasteiger partial charge in [0.15, 0.2) is 6.10 Å². The molecule has 1 unspecified atom stereocenters. The van der Waals surface area contributed by atoms with E-state index in [9.17, 15) is 14.4 Å². The molecule has 6 nitrogen and oxygen atoms in total. The average molecular weight is 892 g/mol. The first-order valence-corrected chi connectivity index (χ1v) is 28.4. The Bertz CT molecular complexity index is 951. The summed E-state index contributed by atoms with van der Waals surface area (Å²) < 4.78 is 16.9. The number of rotatable bonds is 52. The van der Waals surface area contributed by atoms with Crippen molar-refractivity contribution in [2.45, 2.75) is 329 Å². The lowest BCUT2D eigenvalue weighted by molar-refractivity contribution is -0.167. The van der Waals surface area contributed by atoms with Crippen LogP contribution in [0.3, 0.4) is 0 Å². The zero-order valence-corrected chi connectivity index (χ0v) is 43.0. The van der Waals surface area contributed by atoms with Gasteiger partial charge in [-0.05, 0) is 25.2 Å². The monoisotopic (exact) mass is 891 g/mol. The summed E-state index contributed by atoms with van der Waals surface area (Å²) in [6.45, 7) is 9.02. The molecule has 0 spiro atoms. The highest BCUT2D eigenvalue weighted by Crippen LogP contribution is 2.18. The fourth-order valence-electron chi connectivity index (χ4n) is 8.72. The van der Waals surface area contributed by atoms with E-state index in [1.165, 1.54) is 218 Å². The minimum Gasteiger partial charge on any atom is -0.462 e. The van der Waals surface area contributed by atoms with Crippen LogP contribution in [-0.2, 0) is 28.6 Å². The molecular weight excluding hydrogens is 781 g/mol. The lowest BCUT2D eigenvalue weighted by Crippen LogP contribution is -2.30. The molecule has 0 heterocycles. The maximum atomic E-state index is 12.8. The van der Waals surface area contributed by atoms with E-state index < -0.39 is 6.10 Å². The minimum atomic E-state index is -0.762. The molecule has 0 aliphatic rings. The van der Waals surface area contributed by atoms with Gasteiger partial charge in [0.25, 0.3) is 0 Å². The molecule has 6 heteroatoms. The molecule has 63 heavy (non-hydrogen) atoms. The van der Waals surface area contributed by atoms with Crippen LogP contribution in [0.5, 0.6) is 0 Å². The number of carbonyl (C=O) groups is 3. The topological polar surface area (TPSA) is 78.9 Å². The molecule has 0 aliphatic heterocycles. The fraction of sp³-hybridized carbons (Fsp3) is 0.947. The summed E-state index contributed by atoms with van der Waals surface area (Å²) in [6, 6.07) is 0. The maximum Gasteiger partial charge on any atom is 0.306 e. The second kappa shape index (κ2) is 51.4. The number of ether oxygens (including phenoxy) is 3. The third-order valence-electron chi connectivity index (χ3n) is 13.4. The Balaban J connectivity index is 4.25. The first-order chi connectivity index (χ1) is 30.9. The summed E-state index contributed by atoms with van der Waals surface area (Å²) in [7, 11) is 0. The molecule has 0 bridgehead atoms. The van der Waals surface area contributed by atoms with E-state index in [2.05, 4.69) is 27.7 Å². The van der Waals surface area contributed by atoms with Crippen LogP contribution < -0.4 is 0 Å². The summed E-state index contributed by atoms with van der Waals surface area (Å²) in [6.07, 6.45) is 55.3. The number of unbranched alkanes of at least 4 members (excludes halogenated alkanes) is 38. The second-order valence-corrected chi connectivity index (χ2v) is 19.8. The summed E-state index contributed by atoms with van der Waals surface area (Å²) in [5.74, 6) is -0.0273. The second-order valence-electron chi connectivity index (χ2n) is 19.8. The molecule has 0 amide bonds. The first kappa shape index (κ1) is 61.4. The molecule has 2 atom stereocenters. The van der Waals surface area contributed by atoms with Gasteiger partial charge in [-0.1, -0.05) is 285 Å². The van der Waals surface area contributed by atoms with Crippen molar-refractivity contribution in [3.05, 3.63) is 0 Å². The molecule has 0 aromatic rings. The highest BCUT2D eigenvalue weighted by Gasteiger charge is 2.19. The molecular formula is C57H110O6. The van der Waals surface area contributed by atoms with E-state index in [0.29, 0.717) is 19.3 Å². The smallest absolute Gasteiger partial charge is 0.306 e. The van der Waals surface area contributed by atoms with Crippen molar-refractivity contribution in [1.82, 2.24) is 0 Å². The van der Waals surface area contributed by atoms with Crippen molar-refractivity contribution in [1.29, 1.82) is 0 Å². The normalized spacial score (nSPS) is 12.4. The fourth-order valence-corrected chi connectivity index (χ4v) is 8.72. The van der Waals surface area contributed by atoms with Crippen molar-refractivity contribution in [3.8, 4) is 0 Å². The molecule has 0 N–H and O–H groups in total. The molecule has 0 rings (SSSR count). The molecule has 0 saturated heterocycles. The molecule has 0 fully saturated rings. The molecule has 0 saturated carbocycles. The SMILES string of the molecule is CCCCCCCCCCCCCCCCCCCCCC(=O)O[C@@H](COC(=O)CCCCCCCCCCCCCCCCCC)COC(=O)CCCCCCCCC(C)CC. The van der Waals surface area contributed by atoms with Crippen LogP contribution in [0.15, 0.2) is 0 Å². The van der Waals surface area contributed by atoms with Gasteiger partial charge in [0, 0.05) is 19.3 Å². The number of hydrogen-bond donors (Lipinski definition) is 0. The van der Waals surface area contributed by atoms with E-state index in [0.717, 1.165) is 63.7 Å². The standard InChI is InChI=1S/C57H110O6/c1-5-8-10-12-14-16-18-20-22-24-25-26-28-30-32-34-36-42-46-50-57(60)63-54(52-62-56(59)49-45-41-38-37-39-43-47-53(4)7-3)51-61-55(58)48-44-40-35-33-31-29-27-23-21-19-17-15-13-11-9-6-2/h53-54H,5-52H2,1-4H3/t53?,54-/m0/s1. The van der Waals surface area contributed by atoms with Crippen LogP contribution in [-0.4, -0.2) is 37.2 Å². The zero-order valence-electron chi connectivity index (χ0n) is 43.0. The van der Waals surface area contributed by atoms with Crippen LogP contribution >= 0.6 is 0 Å². The van der Waals surface area contributed by atoms with Crippen molar-refractivity contribution >= 4 is 17.9 Å². The minimum absolute atomic E-state index is 0.0629. The average Bonchev–Trinajstić information content (AvgIpc) is 3.28. The molecule has 0 aliphatic carbocycles.